The number of amides is 1. The quantitative estimate of drug-likeness (QED) is 0.405. The van der Waals surface area contributed by atoms with Gasteiger partial charge in [0.1, 0.15) is 9.58 Å². The summed E-state index contributed by atoms with van der Waals surface area (Å²) in [5, 5.41) is 13.1. The molecule has 0 bridgehead atoms. The van der Waals surface area contributed by atoms with Crippen LogP contribution in [0.4, 0.5) is 5.00 Å². The molecule has 1 amide bonds. The van der Waals surface area contributed by atoms with Crippen LogP contribution in [0.25, 0.3) is 16.0 Å². The van der Waals surface area contributed by atoms with Crippen molar-refractivity contribution >= 4 is 55.5 Å². The van der Waals surface area contributed by atoms with Crippen LogP contribution < -0.4 is 10.9 Å². The van der Waals surface area contributed by atoms with Gasteiger partial charge in [-0.25, -0.2) is 4.79 Å². The van der Waals surface area contributed by atoms with E-state index in [-0.39, 0.29) is 17.9 Å². The number of ether oxygens (including phenoxy) is 1. The van der Waals surface area contributed by atoms with Gasteiger partial charge < -0.3 is 14.5 Å². The van der Waals surface area contributed by atoms with Crippen LogP contribution in [0.3, 0.4) is 0 Å². The van der Waals surface area contributed by atoms with E-state index < -0.39 is 11.9 Å². The highest BCUT2D eigenvalue weighted by atomic mass is 32.1. The summed E-state index contributed by atoms with van der Waals surface area (Å²) in [5.74, 6) is -0.0460. The van der Waals surface area contributed by atoms with Gasteiger partial charge in [-0.3, -0.25) is 18.6 Å². The molecular weight excluding hydrogens is 442 g/mol. The van der Waals surface area contributed by atoms with E-state index in [0.29, 0.717) is 31.7 Å². The van der Waals surface area contributed by atoms with Crippen molar-refractivity contribution in [2.24, 2.45) is 7.05 Å². The third-order valence-electron chi connectivity index (χ3n) is 4.52. The first-order valence-corrected chi connectivity index (χ1v) is 10.6. The molecule has 0 unspecified atom stereocenters. The number of hydrogen-bond donors (Lipinski definition) is 1. The highest BCUT2D eigenvalue weighted by Crippen LogP contribution is 2.24. The molecule has 0 atom stereocenters. The average Bonchev–Trinajstić information content (AvgIpc) is 3.55. The molecule has 5 heterocycles. The molecule has 0 radical (unpaired) electrons. The van der Waals surface area contributed by atoms with E-state index >= 15 is 0 Å². The Kier molecular flexibility index (Phi) is 4.64. The van der Waals surface area contributed by atoms with Gasteiger partial charge in [-0.2, -0.15) is 0 Å². The van der Waals surface area contributed by atoms with Gasteiger partial charge in [-0.15, -0.1) is 32.9 Å². The summed E-state index contributed by atoms with van der Waals surface area (Å²) in [6, 6.07) is 8.13. The number of fused-ring (bicyclic) bond motifs is 3. The smallest absolute Gasteiger partial charge is 0.348 e. The Morgan fingerprint density at radius 2 is 2.10 bits per heavy atom. The lowest BCUT2D eigenvalue weighted by atomic mass is 10.4. The van der Waals surface area contributed by atoms with Crippen LogP contribution in [0.1, 0.15) is 26.1 Å². The monoisotopic (exact) mass is 455 g/mol. The van der Waals surface area contributed by atoms with Crippen molar-refractivity contribution in [3.63, 3.8) is 0 Å². The van der Waals surface area contributed by atoms with Crippen LogP contribution in [0.15, 0.2) is 51.2 Å². The molecule has 1 N–H and O–H groups in total. The van der Waals surface area contributed by atoms with Crippen molar-refractivity contribution < 1.29 is 18.7 Å². The summed E-state index contributed by atoms with van der Waals surface area (Å²) in [5.41, 5.74) is 0.509. The molecule has 5 aromatic rings. The summed E-state index contributed by atoms with van der Waals surface area (Å²) >= 11 is 2.41. The standard InChI is InChI=1S/C19H13N5O5S2/c1-23-17(26)15-10(6-8-30-15)24-13(21-22-19(23)24)9-29-18(27)12-4-5-14(31-12)20-16(25)11-3-2-7-28-11/h2-8H,9H2,1H3,(H,20,25). The molecule has 0 aliphatic heterocycles. The maximum atomic E-state index is 12.5. The lowest BCUT2D eigenvalue weighted by Crippen LogP contribution is -2.19. The second-order valence-electron chi connectivity index (χ2n) is 6.42. The fraction of sp³-hybridized carbons (Fsp3) is 0.105. The van der Waals surface area contributed by atoms with Gasteiger partial charge in [0.25, 0.3) is 11.5 Å². The molecule has 0 aromatic carbocycles. The van der Waals surface area contributed by atoms with E-state index in [9.17, 15) is 14.4 Å². The number of furan rings is 1. The van der Waals surface area contributed by atoms with E-state index in [1.165, 1.54) is 22.2 Å². The Morgan fingerprint density at radius 3 is 2.90 bits per heavy atom. The largest absolute Gasteiger partial charge is 0.459 e. The molecule has 10 nitrogen and oxygen atoms in total. The summed E-state index contributed by atoms with van der Waals surface area (Å²) in [6.07, 6.45) is 1.40. The zero-order chi connectivity index (χ0) is 21.5. The maximum Gasteiger partial charge on any atom is 0.348 e. The number of anilines is 1. The first kappa shape index (κ1) is 19.2. The van der Waals surface area contributed by atoms with E-state index in [0.717, 1.165) is 11.3 Å². The number of hydrogen-bond acceptors (Lipinski definition) is 9. The van der Waals surface area contributed by atoms with Crippen molar-refractivity contribution in [2.75, 3.05) is 5.32 Å². The first-order chi connectivity index (χ1) is 15.0. The Hall–Kier alpha value is -3.77. The topological polar surface area (TPSA) is 121 Å². The zero-order valence-corrected chi connectivity index (χ0v) is 17.5. The fourth-order valence-corrected chi connectivity index (χ4v) is 4.69. The number of nitrogens with zero attached hydrogens (tertiary/aromatic N) is 4. The third-order valence-corrected chi connectivity index (χ3v) is 6.39. The molecule has 0 aliphatic rings. The van der Waals surface area contributed by atoms with Crippen molar-refractivity contribution in [1.82, 2.24) is 19.2 Å². The highest BCUT2D eigenvalue weighted by Gasteiger charge is 2.18. The van der Waals surface area contributed by atoms with E-state index in [2.05, 4.69) is 15.5 Å². The van der Waals surface area contributed by atoms with Gasteiger partial charge in [-0.05, 0) is 35.7 Å². The number of aryl methyl sites for hydroxylation is 1. The van der Waals surface area contributed by atoms with Gasteiger partial charge in [0.15, 0.2) is 18.2 Å². The molecule has 0 saturated heterocycles. The molecule has 0 fully saturated rings. The Balaban J connectivity index is 1.33. The highest BCUT2D eigenvalue weighted by molar-refractivity contribution is 7.18. The molecule has 0 spiro atoms. The minimum Gasteiger partial charge on any atom is -0.459 e. The molecule has 5 rings (SSSR count). The predicted molar refractivity (Wildman–Crippen MR) is 114 cm³/mol. The summed E-state index contributed by atoms with van der Waals surface area (Å²) in [7, 11) is 1.62. The van der Waals surface area contributed by atoms with Gasteiger partial charge in [0.05, 0.1) is 16.8 Å². The van der Waals surface area contributed by atoms with Crippen molar-refractivity contribution in [2.45, 2.75) is 6.61 Å². The third kappa shape index (κ3) is 3.31. The molecular formula is C19H13N5O5S2. The van der Waals surface area contributed by atoms with Crippen molar-refractivity contribution in [3.05, 3.63) is 68.8 Å². The van der Waals surface area contributed by atoms with E-state index in [1.807, 2.05) is 5.38 Å². The number of thiophene rings is 2. The summed E-state index contributed by atoms with van der Waals surface area (Å²) < 4.78 is 14.1. The second-order valence-corrected chi connectivity index (χ2v) is 8.42. The van der Waals surface area contributed by atoms with Crippen LogP contribution in [-0.4, -0.2) is 31.0 Å². The zero-order valence-electron chi connectivity index (χ0n) is 15.9. The number of aromatic nitrogens is 4. The van der Waals surface area contributed by atoms with Crippen molar-refractivity contribution in [1.29, 1.82) is 0 Å². The summed E-state index contributed by atoms with van der Waals surface area (Å²) in [4.78, 5) is 37.2. The molecule has 0 saturated carbocycles. The van der Waals surface area contributed by atoms with Crippen LogP contribution in [0.5, 0.6) is 0 Å². The van der Waals surface area contributed by atoms with Crippen LogP contribution in [-0.2, 0) is 18.4 Å². The Bertz CT molecular complexity index is 1490. The van der Waals surface area contributed by atoms with Gasteiger partial charge in [0, 0.05) is 7.05 Å². The van der Waals surface area contributed by atoms with Crippen LogP contribution >= 0.6 is 22.7 Å². The minimum absolute atomic E-state index is 0.130. The molecule has 156 valence electrons. The number of nitrogens with one attached hydrogen (secondary N) is 1. The SMILES string of the molecule is Cn1c(=O)c2sccc2n2c(COC(=O)c3ccc(NC(=O)c4ccco4)s3)nnc12. The minimum atomic E-state index is -0.563. The fourth-order valence-electron chi connectivity index (χ4n) is 3.04. The Morgan fingerprint density at radius 1 is 1.23 bits per heavy atom. The van der Waals surface area contributed by atoms with Gasteiger partial charge in [-0.1, -0.05) is 0 Å². The second kappa shape index (κ2) is 7.49. The molecule has 31 heavy (non-hydrogen) atoms. The lowest BCUT2D eigenvalue weighted by molar-refractivity contribution is 0.0467. The number of rotatable bonds is 5. The lowest BCUT2D eigenvalue weighted by Gasteiger charge is -2.05. The predicted octanol–water partition coefficient (Wildman–Crippen LogP) is 2.91. The van der Waals surface area contributed by atoms with Crippen molar-refractivity contribution in [3.8, 4) is 0 Å². The number of carbonyl (C=O) groups excluding carboxylic acids is 2. The van der Waals surface area contributed by atoms with Crippen LogP contribution in [0, 0.1) is 0 Å². The molecule has 12 heteroatoms. The van der Waals surface area contributed by atoms with Gasteiger partial charge >= 0.3 is 5.97 Å². The van der Waals surface area contributed by atoms with Gasteiger partial charge in [0.2, 0.25) is 5.78 Å². The van der Waals surface area contributed by atoms with E-state index in [4.69, 9.17) is 9.15 Å². The molecule has 0 aliphatic carbocycles. The number of carbonyl (C=O) groups is 2. The van der Waals surface area contributed by atoms with Crippen LogP contribution in [0.2, 0.25) is 0 Å². The number of esters is 1. The average molecular weight is 455 g/mol. The van der Waals surface area contributed by atoms with E-state index in [1.54, 1.807) is 41.8 Å². The maximum absolute atomic E-state index is 12.5. The first-order valence-electron chi connectivity index (χ1n) is 8.95. The molecule has 5 aromatic heterocycles. The summed E-state index contributed by atoms with van der Waals surface area (Å²) in [6.45, 7) is -0.130. The Labute approximate surface area is 181 Å². The normalized spacial score (nSPS) is 11.3.